The maximum atomic E-state index is 12.5. The Kier molecular flexibility index (Phi) is 6.58. The van der Waals surface area contributed by atoms with E-state index in [4.69, 9.17) is 0 Å². The predicted octanol–water partition coefficient (Wildman–Crippen LogP) is 4.24. The van der Waals surface area contributed by atoms with E-state index in [2.05, 4.69) is 36.8 Å². The van der Waals surface area contributed by atoms with Gasteiger partial charge in [0, 0.05) is 17.8 Å². The Morgan fingerprint density at radius 1 is 1.19 bits per heavy atom. The number of anilines is 1. The Balaban J connectivity index is 2.13. The lowest BCUT2D eigenvalue weighted by Gasteiger charge is -2.11. The second kappa shape index (κ2) is 8.49. The molecule has 0 aliphatic carbocycles. The third-order valence-electron chi connectivity index (χ3n) is 3.93. The predicted molar refractivity (Wildman–Crippen MR) is 107 cm³/mol. The van der Waals surface area contributed by atoms with E-state index in [0.29, 0.717) is 33.9 Å². The molecule has 0 unspecified atom stereocenters. The minimum absolute atomic E-state index is 0.115. The van der Waals surface area contributed by atoms with E-state index in [9.17, 15) is 9.59 Å². The zero-order valence-corrected chi connectivity index (χ0v) is 17.3. The SMILES string of the molecule is Cc1cc(C(=O)NCC(C)C)ccc1NC(=O)c1n[nH]c(C(C)C)c1Br. The van der Waals surface area contributed by atoms with Gasteiger partial charge in [-0.05, 0) is 58.5 Å². The van der Waals surface area contributed by atoms with Crippen molar-refractivity contribution in [3.8, 4) is 0 Å². The minimum Gasteiger partial charge on any atom is -0.352 e. The summed E-state index contributed by atoms with van der Waals surface area (Å²) in [6.07, 6.45) is 0. The van der Waals surface area contributed by atoms with E-state index < -0.39 is 0 Å². The number of rotatable bonds is 6. The number of halogens is 1. The van der Waals surface area contributed by atoms with Crippen molar-refractivity contribution in [3.05, 3.63) is 45.2 Å². The van der Waals surface area contributed by atoms with Gasteiger partial charge in [-0.25, -0.2) is 0 Å². The number of carbonyl (C=O) groups is 2. The number of aromatic amines is 1. The molecule has 0 radical (unpaired) electrons. The van der Waals surface area contributed by atoms with E-state index >= 15 is 0 Å². The van der Waals surface area contributed by atoms with Crippen LogP contribution in [-0.2, 0) is 0 Å². The average molecular weight is 421 g/mol. The molecule has 0 aliphatic rings. The standard InChI is InChI=1S/C19H25BrN4O2/c1-10(2)9-21-18(25)13-6-7-14(12(5)8-13)22-19(26)17-15(20)16(11(3)4)23-24-17/h6-8,10-11H,9H2,1-5H3,(H,21,25)(H,22,26)(H,23,24). The van der Waals surface area contributed by atoms with Gasteiger partial charge in [-0.2, -0.15) is 5.10 Å². The lowest BCUT2D eigenvalue weighted by Crippen LogP contribution is -2.27. The number of amides is 2. The lowest BCUT2D eigenvalue weighted by molar-refractivity contribution is 0.0948. The Morgan fingerprint density at radius 2 is 1.88 bits per heavy atom. The molecule has 3 N–H and O–H groups in total. The number of benzene rings is 1. The van der Waals surface area contributed by atoms with Crippen LogP contribution in [0.25, 0.3) is 0 Å². The monoisotopic (exact) mass is 420 g/mol. The Morgan fingerprint density at radius 3 is 2.42 bits per heavy atom. The second-order valence-electron chi connectivity index (χ2n) is 7.04. The first-order valence-corrected chi connectivity index (χ1v) is 9.44. The van der Waals surface area contributed by atoms with Crippen molar-refractivity contribution < 1.29 is 9.59 Å². The molecule has 140 valence electrons. The van der Waals surface area contributed by atoms with Crippen LogP contribution in [0.2, 0.25) is 0 Å². The average Bonchev–Trinajstić information content (AvgIpc) is 2.96. The normalized spacial score (nSPS) is 11.1. The van der Waals surface area contributed by atoms with Gasteiger partial charge >= 0.3 is 0 Å². The molecule has 26 heavy (non-hydrogen) atoms. The van der Waals surface area contributed by atoms with Crippen molar-refractivity contribution >= 4 is 33.4 Å². The van der Waals surface area contributed by atoms with Gasteiger partial charge in [-0.3, -0.25) is 14.7 Å². The zero-order valence-electron chi connectivity index (χ0n) is 15.7. The molecule has 0 atom stereocenters. The minimum atomic E-state index is -0.305. The molecule has 0 bridgehead atoms. The van der Waals surface area contributed by atoms with Crippen molar-refractivity contribution in [2.45, 2.75) is 40.5 Å². The molecule has 0 spiro atoms. The van der Waals surface area contributed by atoms with Crippen molar-refractivity contribution in [1.82, 2.24) is 15.5 Å². The van der Waals surface area contributed by atoms with E-state index in [1.807, 2.05) is 34.6 Å². The molecular weight excluding hydrogens is 396 g/mol. The molecule has 0 aliphatic heterocycles. The van der Waals surface area contributed by atoms with Gasteiger partial charge in [0.1, 0.15) is 0 Å². The summed E-state index contributed by atoms with van der Waals surface area (Å²) in [6.45, 7) is 10.6. The fourth-order valence-corrected chi connectivity index (χ4v) is 3.22. The molecule has 1 aromatic carbocycles. The van der Waals surface area contributed by atoms with Gasteiger partial charge < -0.3 is 10.6 Å². The van der Waals surface area contributed by atoms with E-state index in [1.165, 1.54) is 0 Å². The highest BCUT2D eigenvalue weighted by Crippen LogP contribution is 2.26. The molecule has 1 aromatic heterocycles. The first-order valence-electron chi connectivity index (χ1n) is 8.64. The van der Waals surface area contributed by atoms with Gasteiger partial charge in [0.25, 0.3) is 11.8 Å². The first kappa shape index (κ1) is 20.2. The summed E-state index contributed by atoms with van der Waals surface area (Å²) in [4.78, 5) is 24.7. The topological polar surface area (TPSA) is 86.9 Å². The van der Waals surface area contributed by atoms with Crippen LogP contribution in [0.15, 0.2) is 22.7 Å². The number of hydrogen-bond donors (Lipinski definition) is 3. The van der Waals surface area contributed by atoms with Crippen LogP contribution in [0.4, 0.5) is 5.69 Å². The Labute approximate surface area is 162 Å². The van der Waals surface area contributed by atoms with Crippen LogP contribution >= 0.6 is 15.9 Å². The fraction of sp³-hybridized carbons (Fsp3) is 0.421. The number of carbonyl (C=O) groups excluding carboxylic acids is 2. The molecule has 1 heterocycles. The third kappa shape index (κ3) is 4.72. The van der Waals surface area contributed by atoms with Crippen molar-refractivity contribution in [2.75, 3.05) is 11.9 Å². The fourth-order valence-electron chi connectivity index (χ4n) is 2.40. The number of hydrogen-bond acceptors (Lipinski definition) is 3. The number of H-pyrrole nitrogens is 1. The van der Waals surface area contributed by atoms with Crippen LogP contribution in [-0.4, -0.2) is 28.6 Å². The molecule has 2 rings (SSSR count). The second-order valence-corrected chi connectivity index (χ2v) is 7.84. The highest BCUT2D eigenvalue weighted by molar-refractivity contribution is 9.10. The van der Waals surface area contributed by atoms with Gasteiger partial charge in [-0.1, -0.05) is 27.7 Å². The van der Waals surface area contributed by atoms with E-state index in [1.54, 1.807) is 18.2 Å². The highest BCUT2D eigenvalue weighted by Gasteiger charge is 2.20. The summed E-state index contributed by atoms with van der Waals surface area (Å²) in [6, 6.07) is 5.21. The molecular formula is C19H25BrN4O2. The van der Waals surface area contributed by atoms with Gasteiger partial charge in [0.15, 0.2) is 5.69 Å². The molecule has 0 saturated carbocycles. The summed E-state index contributed by atoms with van der Waals surface area (Å²) in [7, 11) is 0. The maximum Gasteiger partial charge on any atom is 0.277 e. The Bertz CT molecular complexity index is 812. The maximum absolute atomic E-state index is 12.5. The molecule has 6 nitrogen and oxygen atoms in total. The third-order valence-corrected chi connectivity index (χ3v) is 4.74. The van der Waals surface area contributed by atoms with E-state index in [0.717, 1.165) is 11.3 Å². The lowest BCUT2D eigenvalue weighted by atomic mass is 10.1. The summed E-state index contributed by atoms with van der Waals surface area (Å²) in [5, 5.41) is 12.7. The van der Waals surface area contributed by atoms with Gasteiger partial charge in [-0.15, -0.1) is 0 Å². The van der Waals surface area contributed by atoms with Crippen LogP contribution in [0.3, 0.4) is 0 Å². The number of aromatic nitrogens is 2. The molecule has 2 amide bonds. The first-order chi connectivity index (χ1) is 12.2. The summed E-state index contributed by atoms with van der Waals surface area (Å²) >= 11 is 3.44. The van der Waals surface area contributed by atoms with Crippen LogP contribution < -0.4 is 10.6 Å². The number of nitrogens with zero attached hydrogens (tertiary/aromatic N) is 1. The van der Waals surface area contributed by atoms with Gasteiger partial charge in [0.05, 0.1) is 10.2 Å². The molecule has 0 fully saturated rings. The molecule has 0 saturated heterocycles. The number of aryl methyl sites for hydroxylation is 1. The van der Waals surface area contributed by atoms with Crippen molar-refractivity contribution in [1.29, 1.82) is 0 Å². The number of nitrogens with one attached hydrogen (secondary N) is 3. The van der Waals surface area contributed by atoms with Crippen LogP contribution in [0, 0.1) is 12.8 Å². The summed E-state index contributed by atoms with van der Waals surface area (Å²) in [5.74, 6) is 0.196. The highest BCUT2D eigenvalue weighted by atomic mass is 79.9. The summed E-state index contributed by atoms with van der Waals surface area (Å²) in [5.41, 5.74) is 3.22. The van der Waals surface area contributed by atoms with Crippen molar-refractivity contribution in [2.24, 2.45) is 5.92 Å². The van der Waals surface area contributed by atoms with E-state index in [-0.39, 0.29) is 17.7 Å². The zero-order chi connectivity index (χ0) is 19.4. The largest absolute Gasteiger partial charge is 0.352 e. The Hall–Kier alpha value is -2.15. The van der Waals surface area contributed by atoms with Crippen molar-refractivity contribution in [3.63, 3.8) is 0 Å². The van der Waals surface area contributed by atoms with Crippen LogP contribution in [0.1, 0.15) is 65.7 Å². The quantitative estimate of drug-likeness (QED) is 0.652. The molecule has 7 heteroatoms. The van der Waals surface area contributed by atoms with Gasteiger partial charge in [0.2, 0.25) is 0 Å². The van der Waals surface area contributed by atoms with Crippen LogP contribution in [0.5, 0.6) is 0 Å². The summed E-state index contributed by atoms with van der Waals surface area (Å²) < 4.78 is 0.673. The smallest absolute Gasteiger partial charge is 0.277 e. The molecule has 2 aromatic rings.